The van der Waals surface area contributed by atoms with E-state index in [1.54, 1.807) is 6.92 Å². The van der Waals surface area contributed by atoms with Crippen LogP contribution in [-0.4, -0.2) is 48.9 Å². The van der Waals surface area contributed by atoms with Gasteiger partial charge in [0.1, 0.15) is 11.8 Å². The second kappa shape index (κ2) is 5.82. The van der Waals surface area contributed by atoms with Crippen molar-refractivity contribution in [2.24, 2.45) is 5.73 Å². The highest BCUT2D eigenvalue weighted by atomic mass is 16.5. The third-order valence-corrected chi connectivity index (χ3v) is 2.54. The lowest BCUT2D eigenvalue weighted by Gasteiger charge is -2.33. The highest BCUT2D eigenvalue weighted by molar-refractivity contribution is 5.80. The second-order valence-electron chi connectivity index (χ2n) is 3.83. The third-order valence-electron chi connectivity index (χ3n) is 2.54. The molecule has 15 heavy (non-hydrogen) atoms. The van der Waals surface area contributed by atoms with Crippen LogP contribution < -0.4 is 5.73 Å². The van der Waals surface area contributed by atoms with Crippen molar-refractivity contribution < 1.29 is 14.3 Å². The van der Waals surface area contributed by atoms with Gasteiger partial charge >= 0.3 is 0 Å². The average Bonchev–Trinajstić information content (AvgIpc) is 2.17. The maximum absolute atomic E-state index is 11.1. The minimum atomic E-state index is -0.350. The molecule has 0 aromatic rings. The monoisotopic (exact) mass is 214 g/mol. The summed E-state index contributed by atoms with van der Waals surface area (Å²) in [7, 11) is 0. The minimum absolute atomic E-state index is 0.180. The van der Waals surface area contributed by atoms with E-state index in [0.717, 1.165) is 13.0 Å². The van der Waals surface area contributed by atoms with Crippen molar-refractivity contribution in [1.29, 1.82) is 0 Å². The number of ketones is 1. The number of primary amides is 1. The Morgan fingerprint density at radius 3 is 2.87 bits per heavy atom. The van der Waals surface area contributed by atoms with Crippen LogP contribution in [0.15, 0.2) is 0 Å². The maximum Gasteiger partial charge on any atom is 0.237 e. The van der Waals surface area contributed by atoms with E-state index < -0.39 is 0 Å². The molecule has 2 N–H and O–H groups in total. The number of carbonyl (C=O) groups excluding carboxylic acids is 2. The van der Waals surface area contributed by atoms with Crippen LogP contribution in [0.2, 0.25) is 0 Å². The number of amides is 1. The van der Waals surface area contributed by atoms with Crippen molar-refractivity contribution in [3.8, 4) is 0 Å². The van der Waals surface area contributed by atoms with Crippen molar-refractivity contribution >= 4 is 11.7 Å². The van der Waals surface area contributed by atoms with E-state index in [1.165, 1.54) is 0 Å². The van der Waals surface area contributed by atoms with Gasteiger partial charge in [0, 0.05) is 13.0 Å². The number of hydrogen-bond donors (Lipinski definition) is 1. The van der Waals surface area contributed by atoms with Crippen LogP contribution in [0.1, 0.15) is 19.8 Å². The molecule has 1 saturated heterocycles. The van der Waals surface area contributed by atoms with Crippen molar-refractivity contribution in [3.05, 3.63) is 0 Å². The smallest absolute Gasteiger partial charge is 0.237 e. The first-order valence-corrected chi connectivity index (χ1v) is 5.22. The number of Topliss-reactive ketones (excluding diaryl/α,β-unsaturated/α-hetero) is 1. The summed E-state index contributed by atoms with van der Waals surface area (Å²) < 4.78 is 5.19. The number of rotatable bonds is 5. The summed E-state index contributed by atoms with van der Waals surface area (Å²) in [5.41, 5.74) is 5.26. The molecule has 0 aromatic carbocycles. The van der Waals surface area contributed by atoms with Gasteiger partial charge < -0.3 is 15.3 Å². The molecule has 1 aliphatic rings. The minimum Gasteiger partial charge on any atom is -0.378 e. The van der Waals surface area contributed by atoms with E-state index in [-0.39, 0.29) is 17.7 Å². The zero-order valence-electron chi connectivity index (χ0n) is 9.07. The fraction of sp³-hybridized carbons (Fsp3) is 0.800. The summed E-state index contributed by atoms with van der Waals surface area (Å²) in [5, 5.41) is 0. The molecular formula is C10H18N2O3. The lowest BCUT2D eigenvalue weighted by Crippen LogP contribution is -2.52. The summed E-state index contributed by atoms with van der Waals surface area (Å²) in [6.45, 7) is 4.02. The highest BCUT2D eigenvalue weighted by Crippen LogP contribution is 2.08. The zero-order chi connectivity index (χ0) is 11.3. The number of ether oxygens (including phenoxy) is 1. The largest absolute Gasteiger partial charge is 0.378 e. The Hall–Kier alpha value is -0.940. The summed E-state index contributed by atoms with van der Waals surface area (Å²) in [5.74, 6) is -0.170. The van der Waals surface area contributed by atoms with Gasteiger partial charge in [-0.25, -0.2) is 0 Å². The molecule has 1 heterocycles. The lowest BCUT2D eigenvalue weighted by molar-refractivity contribution is -0.129. The molecule has 1 amide bonds. The van der Waals surface area contributed by atoms with Crippen LogP contribution in [0.3, 0.4) is 0 Å². The van der Waals surface area contributed by atoms with Gasteiger partial charge in [-0.3, -0.25) is 9.69 Å². The molecule has 0 aliphatic carbocycles. The number of nitrogens with two attached hydrogens (primary N) is 1. The van der Waals surface area contributed by atoms with E-state index in [4.69, 9.17) is 10.5 Å². The molecule has 1 rings (SSSR count). The Labute approximate surface area is 89.6 Å². The number of carbonyl (C=O) groups is 2. The van der Waals surface area contributed by atoms with Gasteiger partial charge in [0.25, 0.3) is 0 Å². The number of morpholine rings is 1. The second-order valence-corrected chi connectivity index (χ2v) is 3.83. The molecule has 1 atom stereocenters. The summed E-state index contributed by atoms with van der Waals surface area (Å²) in [6.07, 6.45) is 1.34. The molecular weight excluding hydrogens is 196 g/mol. The van der Waals surface area contributed by atoms with Gasteiger partial charge in [-0.2, -0.15) is 0 Å². The molecule has 86 valence electrons. The summed E-state index contributed by atoms with van der Waals surface area (Å²) >= 11 is 0. The Kier molecular flexibility index (Phi) is 4.71. The van der Waals surface area contributed by atoms with Crippen LogP contribution in [-0.2, 0) is 14.3 Å². The molecule has 0 bridgehead atoms. The Balaban J connectivity index is 2.36. The van der Waals surface area contributed by atoms with Crippen molar-refractivity contribution in [2.45, 2.75) is 25.8 Å². The standard InChI is InChI=1S/C10H18N2O3/c1-8(13)3-2-4-12-5-6-15-7-9(12)10(11)14/h9H,2-7H2,1H3,(H2,11,14). The van der Waals surface area contributed by atoms with Crippen molar-refractivity contribution in [3.63, 3.8) is 0 Å². The van der Waals surface area contributed by atoms with Crippen LogP contribution in [0, 0.1) is 0 Å². The highest BCUT2D eigenvalue weighted by Gasteiger charge is 2.26. The van der Waals surface area contributed by atoms with E-state index in [9.17, 15) is 9.59 Å². The van der Waals surface area contributed by atoms with Crippen molar-refractivity contribution in [2.75, 3.05) is 26.3 Å². The molecule has 0 radical (unpaired) electrons. The van der Waals surface area contributed by atoms with Gasteiger partial charge in [0.15, 0.2) is 0 Å². The van der Waals surface area contributed by atoms with E-state index in [1.807, 2.05) is 4.90 Å². The van der Waals surface area contributed by atoms with Gasteiger partial charge in [-0.15, -0.1) is 0 Å². The predicted molar refractivity (Wildman–Crippen MR) is 55.3 cm³/mol. The molecule has 5 nitrogen and oxygen atoms in total. The fourth-order valence-corrected chi connectivity index (χ4v) is 1.70. The molecule has 1 fully saturated rings. The normalized spacial score (nSPS) is 22.6. The lowest BCUT2D eigenvalue weighted by atomic mass is 10.1. The topological polar surface area (TPSA) is 72.6 Å². The van der Waals surface area contributed by atoms with Crippen LogP contribution in [0.5, 0.6) is 0 Å². The van der Waals surface area contributed by atoms with Gasteiger partial charge in [0.2, 0.25) is 5.91 Å². The van der Waals surface area contributed by atoms with Crippen LogP contribution in [0.4, 0.5) is 0 Å². The van der Waals surface area contributed by atoms with Gasteiger partial charge in [-0.05, 0) is 19.9 Å². The fourth-order valence-electron chi connectivity index (χ4n) is 1.70. The van der Waals surface area contributed by atoms with Crippen LogP contribution >= 0.6 is 0 Å². The first-order valence-electron chi connectivity index (χ1n) is 5.22. The third kappa shape index (κ3) is 3.97. The first kappa shape index (κ1) is 12.1. The quantitative estimate of drug-likeness (QED) is 0.672. The van der Waals surface area contributed by atoms with Gasteiger partial charge in [-0.1, -0.05) is 0 Å². The Bertz CT molecular complexity index is 243. The number of nitrogens with zero attached hydrogens (tertiary/aromatic N) is 1. The predicted octanol–water partition coefficient (Wildman–Crippen LogP) is -0.458. The van der Waals surface area contributed by atoms with E-state index in [0.29, 0.717) is 26.2 Å². The summed E-state index contributed by atoms with van der Waals surface area (Å²) in [6, 6.07) is -0.328. The molecule has 1 aliphatic heterocycles. The summed E-state index contributed by atoms with van der Waals surface area (Å²) in [4.78, 5) is 23.9. The molecule has 0 spiro atoms. The first-order chi connectivity index (χ1) is 7.11. The zero-order valence-corrected chi connectivity index (χ0v) is 9.07. The molecule has 5 heteroatoms. The average molecular weight is 214 g/mol. The number of hydrogen-bond acceptors (Lipinski definition) is 4. The Morgan fingerprint density at radius 1 is 1.53 bits per heavy atom. The SMILES string of the molecule is CC(=O)CCCN1CCOCC1C(N)=O. The molecule has 0 saturated carbocycles. The molecule has 1 unspecified atom stereocenters. The van der Waals surface area contributed by atoms with Crippen molar-refractivity contribution in [1.82, 2.24) is 4.90 Å². The Morgan fingerprint density at radius 2 is 2.27 bits per heavy atom. The molecule has 0 aromatic heterocycles. The maximum atomic E-state index is 11.1. The van der Waals surface area contributed by atoms with E-state index in [2.05, 4.69) is 0 Å². The van der Waals surface area contributed by atoms with Gasteiger partial charge in [0.05, 0.1) is 13.2 Å². The van der Waals surface area contributed by atoms with E-state index >= 15 is 0 Å². The van der Waals surface area contributed by atoms with Crippen LogP contribution in [0.25, 0.3) is 0 Å².